The Balaban J connectivity index is 1.82. The zero-order chi connectivity index (χ0) is 30.6. The number of phenolic OH excluding ortho intramolecular Hbond substituents is 1. The summed E-state index contributed by atoms with van der Waals surface area (Å²) in [7, 11) is 3.18. The zero-order valence-electron chi connectivity index (χ0n) is 23.1. The Bertz CT molecular complexity index is 1540. The molecule has 1 atom stereocenters. The molecule has 1 aliphatic heterocycles. The molecule has 1 aliphatic rings. The van der Waals surface area contributed by atoms with Gasteiger partial charge in [-0.1, -0.05) is 12.1 Å². The Morgan fingerprint density at radius 1 is 1.21 bits per heavy atom. The van der Waals surface area contributed by atoms with Gasteiger partial charge in [0, 0.05) is 37.5 Å². The van der Waals surface area contributed by atoms with E-state index in [-0.39, 0.29) is 35.3 Å². The van der Waals surface area contributed by atoms with Crippen LogP contribution in [0.15, 0.2) is 47.5 Å². The van der Waals surface area contributed by atoms with Gasteiger partial charge in [-0.15, -0.1) is 0 Å². The molecule has 0 bridgehead atoms. The molecule has 1 unspecified atom stereocenters. The molecule has 3 aromatic rings. The minimum absolute atomic E-state index is 0.0452. The molecule has 0 saturated carbocycles. The van der Waals surface area contributed by atoms with Gasteiger partial charge in [0.2, 0.25) is 11.6 Å². The highest BCUT2D eigenvalue weighted by Gasteiger charge is 2.33. The molecule has 0 aliphatic carbocycles. The molecular weight excluding hydrogens is 570 g/mol. The second kappa shape index (κ2) is 12.9. The van der Waals surface area contributed by atoms with Crippen LogP contribution in [0.4, 0.5) is 14.5 Å². The van der Waals surface area contributed by atoms with Gasteiger partial charge in [0.25, 0.3) is 11.8 Å². The van der Waals surface area contributed by atoms with Gasteiger partial charge in [0.1, 0.15) is 29.1 Å². The van der Waals surface area contributed by atoms with Crippen LogP contribution in [0.25, 0.3) is 0 Å². The van der Waals surface area contributed by atoms with Gasteiger partial charge in [-0.25, -0.2) is 4.79 Å². The monoisotopic (exact) mass is 600 g/mol. The predicted molar refractivity (Wildman–Crippen MR) is 157 cm³/mol. The summed E-state index contributed by atoms with van der Waals surface area (Å²) in [6, 6.07) is 9.27. The van der Waals surface area contributed by atoms with Crippen molar-refractivity contribution in [2.24, 2.45) is 10.7 Å². The van der Waals surface area contributed by atoms with Crippen molar-refractivity contribution in [3.8, 4) is 29.0 Å². The number of hydrogen-bond acceptors (Lipinski definition) is 11. The van der Waals surface area contributed by atoms with Crippen molar-refractivity contribution < 1.29 is 32.9 Å². The largest absolute Gasteiger partial charge is 0.504 e. The van der Waals surface area contributed by atoms with Gasteiger partial charge < -0.3 is 34.9 Å². The smallest absolute Gasteiger partial charge is 0.329 e. The molecule has 42 heavy (non-hydrogen) atoms. The lowest BCUT2D eigenvalue weighted by atomic mass is 10.2. The summed E-state index contributed by atoms with van der Waals surface area (Å²) < 4.78 is 48.4. The molecule has 222 valence electrons. The third kappa shape index (κ3) is 6.33. The van der Waals surface area contributed by atoms with Gasteiger partial charge in [-0.2, -0.15) is 26.4 Å². The highest BCUT2D eigenvalue weighted by atomic mass is 32.1. The van der Waals surface area contributed by atoms with Crippen molar-refractivity contribution in [1.82, 2.24) is 9.88 Å². The summed E-state index contributed by atoms with van der Waals surface area (Å²) >= 11 is 4.18. The number of benzene rings is 2. The maximum absolute atomic E-state index is 16.0. The lowest BCUT2D eigenvalue weighted by Crippen LogP contribution is -2.42. The first-order valence-corrected chi connectivity index (χ1v) is 13.5. The highest BCUT2D eigenvalue weighted by Crippen LogP contribution is 2.40. The number of amidine groups is 2. The van der Waals surface area contributed by atoms with E-state index in [1.54, 1.807) is 25.1 Å². The molecule has 14 heteroatoms. The summed E-state index contributed by atoms with van der Waals surface area (Å²) in [5.74, 6) is -5.01. The molecule has 4 rings (SSSR count). The Morgan fingerprint density at radius 2 is 1.93 bits per heavy atom. The van der Waals surface area contributed by atoms with E-state index >= 15 is 8.78 Å². The number of rotatable bonds is 11. The molecule has 2 heterocycles. The van der Waals surface area contributed by atoms with Crippen molar-refractivity contribution in [1.29, 1.82) is 5.41 Å². The molecule has 0 fully saturated rings. The van der Waals surface area contributed by atoms with Gasteiger partial charge in [-0.3, -0.25) is 10.4 Å². The molecule has 0 spiro atoms. The fraction of sp³-hybridized carbons (Fsp3) is 0.286. The SMILES string of the molecule is CCOC(=O)C(CS)N(C)c1c(F)c(Oc2cccc(C3=NCCN3C)c2)nc(Oc2cc(C(=N)N)ccc2O)c1F. The third-order valence-corrected chi connectivity index (χ3v) is 6.73. The lowest BCUT2D eigenvalue weighted by molar-refractivity contribution is -0.144. The number of nitrogens with one attached hydrogen (secondary N) is 1. The molecule has 11 nitrogen and oxygen atoms in total. The minimum atomic E-state index is -1.29. The number of thiol groups is 1. The predicted octanol–water partition coefficient (Wildman–Crippen LogP) is 3.92. The number of halogens is 2. The quantitative estimate of drug-likeness (QED) is 0.111. The van der Waals surface area contributed by atoms with E-state index in [2.05, 4.69) is 22.6 Å². The van der Waals surface area contributed by atoms with Crippen molar-refractivity contribution in [2.75, 3.05) is 44.4 Å². The van der Waals surface area contributed by atoms with Gasteiger partial charge in [-0.05, 0) is 37.3 Å². The normalized spacial score (nSPS) is 13.4. The van der Waals surface area contributed by atoms with Crippen molar-refractivity contribution in [3.05, 3.63) is 65.2 Å². The Kier molecular flexibility index (Phi) is 9.35. The van der Waals surface area contributed by atoms with Crippen LogP contribution in [-0.4, -0.2) is 78.2 Å². The first-order valence-electron chi connectivity index (χ1n) is 12.8. The molecule has 0 saturated heterocycles. The number of hydrogen-bond donors (Lipinski definition) is 4. The number of nitrogens with two attached hydrogens (primary N) is 1. The second-order valence-electron chi connectivity index (χ2n) is 9.22. The highest BCUT2D eigenvalue weighted by molar-refractivity contribution is 7.80. The number of nitrogens with zero attached hydrogens (tertiary/aromatic N) is 4. The first-order chi connectivity index (χ1) is 20.0. The Hall–Kier alpha value is -4.59. The molecule has 0 amide bonds. The number of pyridine rings is 1. The number of ether oxygens (including phenoxy) is 3. The summed E-state index contributed by atoms with van der Waals surface area (Å²) in [6.07, 6.45) is 0. The van der Waals surface area contributed by atoms with E-state index < -0.39 is 46.8 Å². The number of likely N-dealkylation sites (N-methyl/N-ethyl adjacent to an activating group) is 2. The van der Waals surface area contributed by atoms with Crippen LogP contribution in [0.3, 0.4) is 0 Å². The molecule has 1 aromatic heterocycles. The molecule has 2 aromatic carbocycles. The van der Waals surface area contributed by atoms with E-state index in [4.69, 9.17) is 25.4 Å². The first kappa shape index (κ1) is 30.4. The van der Waals surface area contributed by atoms with Crippen LogP contribution < -0.4 is 20.1 Å². The van der Waals surface area contributed by atoms with E-state index in [0.717, 1.165) is 17.3 Å². The van der Waals surface area contributed by atoms with E-state index in [1.165, 1.54) is 25.2 Å². The molecule has 0 radical (unpaired) electrons. The summed E-state index contributed by atoms with van der Waals surface area (Å²) in [5.41, 5.74) is 5.72. The van der Waals surface area contributed by atoms with Gasteiger partial charge >= 0.3 is 5.97 Å². The number of aromatic nitrogens is 1. The Morgan fingerprint density at radius 3 is 2.55 bits per heavy atom. The van der Waals surface area contributed by atoms with Gasteiger partial charge in [0.05, 0.1) is 13.2 Å². The van der Waals surface area contributed by atoms with Crippen LogP contribution in [0.5, 0.6) is 29.0 Å². The van der Waals surface area contributed by atoms with E-state index in [9.17, 15) is 9.90 Å². The second-order valence-corrected chi connectivity index (χ2v) is 9.58. The van der Waals surface area contributed by atoms with Crippen LogP contribution in [0.2, 0.25) is 0 Å². The van der Waals surface area contributed by atoms with Crippen LogP contribution in [0, 0.1) is 17.0 Å². The number of phenols is 1. The number of carbonyl (C=O) groups is 1. The topological polar surface area (TPSA) is 147 Å². The van der Waals surface area contributed by atoms with Crippen molar-refractivity contribution in [3.63, 3.8) is 0 Å². The lowest BCUT2D eigenvalue weighted by Gasteiger charge is -2.28. The van der Waals surface area contributed by atoms with Crippen molar-refractivity contribution in [2.45, 2.75) is 13.0 Å². The maximum Gasteiger partial charge on any atom is 0.329 e. The number of anilines is 1. The number of esters is 1. The minimum Gasteiger partial charge on any atom is -0.504 e. The number of aliphatic imine (C=N–C) groups is 1. The van der Waals surface area contributed by atoms with Crippen molar-refractivity contribution >= 4 is 36.0 Å². The maximum atomic E-state index is 16.0. The number of carbonyl (C=O) groups excluding carboxylic acids is 1. The summed E-state index contributed by atoms with van der Waals surface area (Å²) in [4.78, 5) is 24.0. The van der Waals surface area contributed by atoms with Gasteiger partial charge in [0.15, 0.2) is 11.5 Å². The molecule has 4 N–H and O–H groups in total. The third-order valence-electron chi connectivity index (χ3n) is 6.39. The van der Waals surface area contributed by atoms with E-state index in [0.29, 0.717) is 12.1 Å². The van der Waals surface area contributed by atoms with Crippen LogP contribution in [-0.2, 0) is 9.53 Å². The Labute approximate surface area is 246 Å². The summed E-state index contributed by atoms with van der Waals surface area (Å²) in [6.45, 7) is 3.02. The fourth-order valence-corrected chi connectivity index (χ4v) is 4.60. The van der Waals surface area contributed by atoms with E-state index in [1.807, 2.05) is 18.0 Å². The average Bonchev–Trinajstić information content (AvgIpc) is 3.39. The zero-order valence-corrected chi connectivity index (χ0v) is 24.0. The number of nitrogen functional groups attached to an aromatic ring is 1. The van der Waals surface area contributed by atoms with Crippen LogP contribution >= 0.6 is 12.6 Å². The molecular formula is C28H30F2N6O5S. The summed E-state index contributed by atoms with van der Waals surface area (Å²) in [5, 5.41) is 18.0. The fourth-order valence-electron chi connectivity index (χ4n) is 4.21. The van der Waals surface area contributed by atoms with Crippen LogP contribution in [0.1, 0.15) is 18.1 Å². The standard InChI is InChI=1S/C28H30F2N6O5S/c1-4-39-28(38)18(14-42)36(3)23-21(29)26(40-17-7-5-6-16(12-17)25-33-10-11-35(25)2)34-27(22(23)30)41-20-13-15(24(31)32)8-9-19(20)37/h5-9,12-13,18,37,42H,4,10-11,14H2,1-3H3,(H3,31,32). The average molecular weight is 601 g/mol. The number of aromatic hydroxyl groups is 1.